The highest BCUT2D eigenvalue weighted by Gasteiger charge is 2.41. The lowest BCUT2D eigenvalue weighted by molar-refractivity contribution is -0.140. The van der Waals surface area contributed by atoms with E-state index in [0.717, 1.165) is 23.4 Å². The SMILES string of the molecule is CC(C)c1nnc(NC(=O)CN2CC[C@H]3NC(=O)[C@@H](Cc4ccccc4)NC(=O)C4(C/C=C/C[C@H]3C2)CCOCC4)s1. The fourth-order valence-corrected chi connectivity index (χ4v) is 6.84. The van der Waals surface area contributed by atoms with Gasteiger partial charge in [0, 0.05) is 44.7 Å². The van der Waals surface area contributed by atoms with Gasteiger partial charge in [-0.3, -0.25) is 24.6 Å². The zero-order valence-electron chi connectivity index (χ0n) is 24.5. The van der Waals surface area contributed by atoms with Gasteiger partial charge in [-0.1, -0.05) is 67.7 Å². The number of aromatic nitrogens is 2. The van der Waals surface area contributed by atoms with E-state index in [2.05, 4.69) is 43.2 Å². The fraction of sp³-hybridized carbons (Fsp3) is 0.581. The summed E-state index contributed by atoms with van der Waals surface area (Å²) in [4.78, 5) is 42.5. The third-order valence-electron chi connectivity index (χ3n) is 8.64. The van der Waals surface area contributed by atoms with E-state index in [9.17, 15) is 14.4 Å². The minimum atomic E-state index is -0.671. The summed E-state index contributed by atoms with van der Waals surface area (Å²) in [5, 5.41) is 19.0. The van der Waals surface area contributed by atoms with Crippen molar-refractivity contribution in [2.24, 2.45) is 11.3 Å². The molecule has 2 fully saturated rings. The first-order valence-electron chi connectivity index (χ1n) is 15.0. The van der Waals surface area contributed by atoms with Crippen LogP contribution in [0.3, 0.4) is 0 Å². The summed E-state index contributed by atoms with van der Waals surface area (Å²) in [6.45, 7) is 6.80. The average Bonchev–Trinajstić information content (AvgIpc) is 3.45. The van der Waals surface area contributed by atoms with Gasteiger partial charge >= 0.3 is 0 Å². The largest absolute Gasteiger partial charge is 0.381 e. The first-order valence-corrected chi connectivity index (χ1v) is 15.9. The maximum Gasteiger partial charge on any atom is 0.243 e. The van der Waals surface area contributed by atoms with Gasteiger partial charge in [-0.05, 0) is 43.6 Å². The molecule has 0 saturated carbocycles. The van der Waals surface area contributed by atoms with Crippen LogP contribution in [0.1, 0.15) is 62.4 Å². The molecule has 3 aliphatic rings. The third-order valence-corrected chi connectivity index (χ3v) is 9.78. The van der Waals surface area contributed by atoms with Crippen LogP contribution in [0.25, 0.3) is 0 Å². The van der Waals surface area contributed by atoms with Crippen molar-refractivity contribution in [3.05, 3.63) is 53.1 Å². The smallest absolute Gasteiger partial charge is 0.243 e. The molecule has 11 heteroatoms. The van der Waals surface area contributed by atoms with Crippen molar-refractivity contribution in [2.45, 2.75) is 70.4 Å². The van der Waals surface area contributed by atoms with Crippen molar-refractivity contribution in [3.8, 4) is 0 Å². The minimum Gasteiger partial charge on any atom is -0.381 e. The molecular weight excluding hydrogens is 552 g/mol. The fourth-order valence-electron chi connectivity index (χ4n) is 6.08. The molecule has 3 aliphatic heterocycles. The molecule has 1 aromatic heterocycles. The van der Waals surface area contributed by atoms with Gasteiger partial charge in [0.2, 0.25) is 22.9 Å². The second-order valence-corrected chi connectivity index (χ2v) is 13.1. The molecular formula is C31H42N6O4S. The lowest BCUT2D eigenvalue weighted by Crippen LogP contribution is -2.58. The van der Waals surface area contributed by atoms with Crippen molar-refractivity contribution in [3.63, 3.8) is 0 Å². The molecule has 1 spiro atoms. The Hall–Kier alpha value is -3.15. The van der Waals surface area contributed by atoms with Crippen LogP contribution in [-0.2, 0) is 25.5 Å². The number of piperidine rings is 1. The van der Waals surface area contributed by atoms with Crippen LogP contribution >= 0.6 is 11.3 Å². The standard InChI is InChI=1S/C31H42N6O4S/c1-21(2)28-35-36-30(42-28)34-26(38)20-37-15-11-24-23(19-37)10-6-7-12-31(13-16-41-17-14-31)29(40)33-25(27(39)32-24)18-22-8-4-3-5-9-22/h3-9,21,23-25H,10-20H2,1-2H3,(H,32,39)(H,33,40)(H,34,36,38)/b7-6+/t23-,24+,25+/m0/s1. The van der Waals surface area contributed by atoms with E-state index in [0.29, 0.717) is 57.1 Å². The average molecular weight is 595 g/mol. The number of ether oxygens (including phenoxy) is 1. The Morgan fingerprint density at radius 3 is 2.67 bits per heavy atom. The maximum absolute atomic E-state index is 13.8. The molecule has 3 amide bonds. The molecule has 226 valence electrons. The Labute approximate surface area is 251 Å². The summed E-state index contributed by atoms with van der Waals surface area (Å²) < 4.78 is 5.60. The van der Waals surface area contributed by atoms with Crippen LogP contribution in [-0.4, -0.2) is 77.8 Å². The van der Waals surface area contributed by atoms with E-state index in [-0.39, 0.29) is 42.1 Å². The predicted molar refractivity (Wildman–Crippen MR) is 162 cm³/mol. The number of rotatable bonds is 6. The quantitative estimate of drug-likeness (QED) is 0.439. The molecule has 0 radical (unpaired) electrons. The molecule has 3 N–H and O–H groups in total. The van der Waals surface area contributed by atoms with Crippen molar-refractivity contribution >= 4 is 34.2 Å². The van der Waals surface area contributed by atoms with E-state index in [4.69, 9.17) is 4.74 Å². The van der Waals surface area contributed by atoms with Gasteiger partial charge in [-0.2, -0.15) is 0 Å². The molecule has 10 nitrogen and oxygen atoms in total. The van der Waals surface area contributed by atoms with E-state index >= 15 is 0 Å². The Kier molecular flexibility index (Phi) is 10.0. The highest BCUT2D eigenvalue weighted by molar-refractivity contribution is 7.15. The Bertz CT molecular complexity index is 1260. The van der Waals surface area contributed by atoms with Crippen molar-refractivity contribution in [1.82, 2.24) is 25.7 Å². The lowest BCUT2D eigenvalue weighted by atomic mass is 9.75. The predicted octanol–water partition coefficient (Wildman–Crippen LogP) is 3.28. The maximum atomic E-state index is 13.8. The van der Waals surface area contributed by atoms with Crippen LogP contribution in [0.4, 0.5) is 5.13 Å². The highest BCUT2D eigenvalue weighted by Crippen LogP contribution is 2.36. The highest BCUT2D eigenvalue weighted by atomic mass is 32.1. The number of nitrogens with one attached hydrogen (secondary N) is 3. The Morgan fingerprint density at radius 2 is 1.93 bits per heavy atom. The number of allylic oxidation sites excluding steroid dienone is 2. The molecule has 5 rings (SSSR count). The molecule has 0 aliphatic carbocycles. The van der Waals surface area contributed by atoms with Crippen molar-refractivity contribution < 1.29 is 19.1 Å². The first kappa shape index (κ1) is 30.3. The summed E-state index contributed by atoms with van der Waals surface area (Å²) in [7, 11) is 0. The summed E-state index contributed by atoms with van der Waals surface area (Å²) in [6.07, 6.45) is 8.06. The second kappa shape index (κ2) is 13.9. The third kappa shape index (κ3) is 7.62. The van der Waals surface area contributed by atoms with E-state index < -0.39 is 11.5 Å². The molecule has 0 bridgehead atoms. The van der Waals surface area contributed by atoms with E-state index in [1.807, 2.05) is 44.2 Å². The van der Waals surface area contributed by atoms with Crippen LogP contribution in [0.2, 0.25) is 0 Å². The van der Waals surface area contributed by atoms with Crippen LogP contribution in [0.5, 0.6) is 0 Å². The number of benzene rings is 1. The van der Waals surface area contributed by atoms with Gasteiger partial charge < -0.3 is 15.4 Å². The summed E-state index contributed by atoms with van der Waals surface area (Å²) in [6, 6.07) is 9.10. The number of fused-ring (bicyclic) bond motifs is 1. The zero-order valence-corrected chi connectivity index (χ0v) is 25.3. The van der Waals surface area contributed by atoms with Crippen molar-refractivity contribution in [2.75, 3.05) is 38.2 Å². The van der Waals surface area contributed by atoms with Gasteiger partial charge in [-0.15, -0.1) is 10.2 Å². The minimum absolute atomic E-state index is 0.0510. The van der Waals surface area contributed by atoms with Crippen LogP contribution in [0.15, 0.2) is 42.5 Å². The first-order chi connectivity index (χ1) is 20.3. The van der Waals surface area contributed by atoms with E-state index in [1.54, 1.807) is 0 Å². The molecule has 3 atom stereocenters. The molecule has 2 aromatic rings. The molecule has 0 unspecified atom stereocenters. The number of hydrogen-bond donors (Lipinski definition) is 3. The normalized spacial score (nSPS) is 25.9. The number of amides is 3. The monoisotopic (exact) mass is 594 g/mol. The zero-order chi connectivity index (χ0) is 29.5. The number of carbonyl (C=O) groups excluding carboxylic acids is 3. The molecule has 2 saturated heterocycles. The summed E-state index contributed by atoms with van der Waals surface area (Å²) in [5.41, 5.74) is 0.415. The van der Waals surface area contributed by atoms with Gasteiger partial charge in [0.05, 0.1) is 12.0 Å². The van der Waals surface area contributed by atoms with Gasteiger partial charge in [0.25, 0.3) is 0 Å². The van der Waals surface area contributed by atoms with E-state index in [1.165, 1.54) is 11.3 Å². The summed E-state index contributed by atoms with van der Waals surface area (Å²) in [5.74, 6) is 0.0648. The van der Waals surface area contributed by atoms with Crippen LogP contribution < -0.4 is 16.0 Å². The van der Waals surface area contributed by atoms with Crippen LogP contribution in [0, 0.1) is 11.3 Å². The number of nitrogens with zero attached hydrogens (tertiary/aromatic N) is 3. The Balaban J connectivity index is 1.30. The summed E-state index contributed by atoms with van der Waals surface area (Å²) >= 11 is 1.41. The molecule has 1 aromatic carbocycles. The topological polar surface area (TPSA) is 126 Å². The van der Waals surface area contributed by atoms with Gasteiger partial charge in [0.15, 0.2) is 0 Å². The van der Waals surface area contributed by atoms with Crippen molar-refractivity contribution in [1.29, 1.82) is 0 Å². The Morgan fingerprint density at radius 1 is 1.14 bits per heavy atom. The number of hydrogen-bond acceptors (Lipinski definition) is 8. The second-order valence-electron chi connectivity index (χ2n) is 12.1. The van der Waals surface area contributed by atoms with Gasteiger partial charge in [0.1, 0.15) is 11.0 Å². The van der Waals surface area contributed by atoms with Gasteiger partial charge in [-0.25, -0.2) is 0 Å². The molecule has 42 heavy (non-hydrogen) atoms. The number of likely N-dealkylation sites (tertiary alicyclic amines) is 1. The number of anilines is 1. The molecule has 4 heterocycles. The lowest BCUT2D eigenvalue weighted by Gasteiger charge is -2.40. The number of carbonyl (C=O) groups is 3.